The van der Waals surface area contributed by atoms with Crippen LogP contribution in [0.25, 0.3) is 11.1 Å². The maximum atomic E-state index is 3.49. The number of benzene rings is 2. The van der Waals surface area contributed by atoms with E-state index in [0.717, 1.165) is 25.4 Å². The lowest BCUT2D eigenvalue weighted by Gasteiger charge is -2.35. The van der Waals surface area contributed by atoms with Crippen molar-refractivity contribution >= 4 is 0 Å². The molecular formula is C21H24N2. The molecule has 118 valence electrons. The molecule has 2 aliphatic carbocycles. The van der Waals surface area contributed by atoms with Gasteiger partial charge < -0.3 is 5.32 Å². The van der Waals surface area contributed by atoms with Crippen molar-refractivity contribution in [2.24, 2.45) is 5.92 Å². The number of hydrogen-bond acceptors (Lipinski definition) is 2. The summed E-state index contributed by atoms with van der Waals surface area (Å²) in [6.45, 7) is 4.66. The van der Waals surface area contributed by atoms with Gasteiger partial charge in [-0.2, -0.15) is 0 Å². The van der Waals surface area contributed by atoms with Crippen LogP contribution in [0.1, 0.15) is 35.6 Å². The molecule has 0 radical (unpaired) electrons. The normalized spacial score (nSPS) is 21.7. The molecule has 2 heteroatoms. The van der Waals surface area contributed by atoms with E-state index in [2.05, 4.69) is 52.7 Å². The largest absolute Gasteiger partial charge is 0.314 e. The Balaban J connectivity index is 1.50. The Bertz CT molecular complexity index is 726. The van der Waals surface area contributed by atoms with Crippen LogP contribution < -0.4 is 5.32 Å². The number of nitrogens with zero attached hydrogens (tertiary/aromatic N) is 1. The van der Waals surface area contributed by atoms with Crippen LogP contribution >= 0.6 is 0 Å². The predicted molar refractivity (Wildman–Crippen MR) is 94.6 cm³/mol. The summed E-state index contributed by atoms with van der Waals surface area (Å²) >= 11 is 0. The Hall–Kier alpha value is -1.64. The van der Waals surface area contributed by atoms with E-state index in [0.29, 0.717) is 6.04 Å². The van der Waals surface area contributed by atoms with Crippen molar-refractivity contribution in [3.05, 3.63) is 59.2 Å². The molecule has 2 aromatic rings. The van der Waals surface area contributed by atoms with Gasteiger partial charge in [0.15, 0.2) is 0 Å². The second-order valence-electron chi connectivity index (χ2n) is 7.32. The third-order valence-electron chi connectivity index (χ3n) is 5.77. The number of piperazine rings is 1. The summed E-state index contributed by atoms with van der Waals surface area (Å²) in [4.78, 5) is 2.72. The van der Waals surface area contributed by atoms with Gasteiger partial charge in [-0.15, -0.1) is 0 Å². The van der Waals surface area contributed by atoms with Crippen LogP contribution in [0.2, 0.25) is 0 Å². The highest BCUT2D eigenvalue weighted by Crippen LogP contribution is 2.46. The molecule has 0 aromatic heterocycles. The van der Waals surface area contributed by atoms with E-state index in [9.17, 15) is 0 Å². The summed E-state index contributed by atoms with van der Waals surface area (Å²) in [5, 5.41) is 3.49. The van der Waals surface area contributed by atoms with Crippen molar-refractivity contribution < 1.29 is 0 Å². The molecule has 1 aliphatic heterocycles. The van der Waals surface area contributed by atoms with Gasteiger partial charge in [-0.1, -0.05) is 42.5 Å². The van der Waals surface area contributed by atoms with Crippen LogP contribution in [0.5, 0.6) is 0 Å². The topological polar surface area (TPSA) is 15.3 Å². The fourth-order valence-corrected chi connectivity index (χ4v) is 4.50. The smallest absolute Gasteiger partial charge is 0.0377 e. The zero-order valence-electron chi connectivity index (χ0n) is 13.6. The average Bonchev–Trinajstić information content (AvgIpc) is 3.36. The minimum Gasteiger partial charge on any atom is -0.314 e. The first-order valence-electron chi connectivity index (χ1n) is 9.06. The monoisotopic (exact) mass is 304 g/mol. The molecule has 1 heterocycles. The van der Waals surface area contributed by atoms with Crippen LogP contribution in [-0.2, 0) is 6.42 Å². The zero-order chi connectivity index (χ0) is 15.2. The molecule has 0 spiro atoms. The van der Waals surface area contributed by atoms with Crippen molar-refractivity contribution in [1.29, 1.82) is 0 Å². The first kappa shape index (κ1) is 13.8. The van der Waals surface area contributed by atoms with Crippen LogP contribution in [0.3, 0.4) is 0 Å². The first-order chi connectivity index (χ1) is 11.4. The van der Waals surface area contributed by atoms with E-state index in [1.165, 1.54) is 48.2 Å². The van der Waals surface area contributed by atoms with E-state index in [1.54, 1.807) is 5.56 Å². The lowest BCUT2D eigenvalue weighted by molar-refractivity contribution is 0.156. The molecule has 0 bridgehead atoms. The molecule has 5 rings (SSSR count). The van der Waals surface area contributed by atoms with Gasteiger partial charge in [0.1, 0.15) is 0 Å². The van der Waals surface area contributed by atoms with Crippen LogP contribution in [-0.4, -0.2) is 31.1 Å². The fourth-order valence-electron chi connectivity index (χ4n) is 4.50. The highest BCUT2D eigenvalue weighted by molar-refractivity contribution is 5.77. The Morgan fingerprint density at radius 1 is 0.913 bits per heavy atom. The van der Waals surface area contributed by atoms with Crippen molar-refractivity contribution in [3.63, 3.8) is 0 Å². The van der Waals surface area contributed by atoms with Gasteiger partial charge in [0.2, 0.25) is 0 Å². The van der Waals surface area contributed by atoms with Gasteiger partial charge in [-0.25, -0.2) is 0 Å². The van der Waals surface area contributed by atoms with Crippen molar-refractivity contribution in [1.82, 2.24) is 10.2 Å². The number of hydrogen-bond donors (Lipinski definition) is 1. The molecule has 3 aliphatic rings. The molecule has 0 unspecified atom stereocenters. The SMILES string of the molecule is c1ccc2c(c1)Cc1cc([C@H](C3CC3)N3CCNCC3)ccc1-2. The lowest BCUT2D eigenvalue weighted by atomic mass is 9.95. The Labute approximate surface area is 138 Å². The summed E-state index contributed by atoms with van der Waals surface area (Å²) in [6.07, 6.45) is 3.93. The van der Waals surface area contributed by atoms with Crippen LogP contribution in [0.15, 0.2) is 42.5 Å². The second kappa shape index (κ2) is 5.47. The molecule has 2 fully saturated rings. The van der Waals surface area contributed by atoms with E-state index >= 15 is 0 Å². The Morgan fingerprint density at radius 2 is 1.70 bits per heavy atom. The molecule has 1 atom stereocenters. The van der Waals surface area contributed by atoms with Crippen LogP contribution in [0, 0.1) is 5.92 Å². The molecule has 1 N–H and O–H groups in total. The minimum atomic E-state index is 0.645. The lowest BCUT2D eigenvalue weighted by Crippen LogP contribution is -2.45. The Morgan fingerprint density at radius 3 is 2.52 bits per heavy atom. The molecule has 2 aromatic carbocycles. The number of rotatable bonds is 3. The highest BCUT2D eigenvalue weighted by Gasteiger charge is 2.37. The van der Waals surface area contributed by atoms with Gasteiger partial charge in [0.25, 0.3) is 0 Å². The van der Waals surface area contributed by atoms with E-state index in [4.69, 9.17) is 0 Å². The van der Waals surface area contributed by atoms with Crippen molar-refractivity contribution in [2.75, 3.05) is 26.2 Å². The third-order valence-corrected chi connectivity index (χ3v) is 5.77. The maximum absolute atomic E-state index is 3.49. The Kier molecular flexibility index (Phi) is 3.27. The quantitative estimate of drug-likeness (QED) is 0.795. The summed E-state index contributed by atoms with van der Waals surface area (Å²) in [5.74, 6) is 0.884. The molecule has 23 heavy (non-hydrogen) atoms. The van der Waals surface area contributed by atoms with Gasteiger partial charge in [0, 0.05) is 32.2 Å². The molecule has 0 amide bonds. The van der Waals surface area contributed by atoms with E-state index < -0.39 is 0 Å². The molecule has 2 nitrogen and oxygen atoms in total. The summed E-state index contributed by atoms with van der Waals surface area (Å²) in [6, 6.07) is 16.8. The highest BCUT2D eigenvalue weighted by atomic mass is 15.2. The van der Waals surface area contributed by atoms with Gasteiger partial charge in [0.05, 0.1) is 0 Å². The van der Waals surface area contributed by atoms with E-state index in [1.807, 2.05) is 0 Å². The van der Waals surface area contributed by atoms with E-state index in [-0.39, 0.29) is 0 Å². The maximum Gasteiger partial charge on any atom is 0.0377 e. The fraction of sp³-hybridized carbons (Fsp3) is 0.429. The van der Waals surface area contributed by atoms with Crippen molar-refractivity contribution in [3.8, 4) is 11.1 Å². The van der Waals surface area contributed by atoms with Crippen molar-refractivity contribution in [2.45, 2.75) is 25.3 Å². The standard InChI is InChI=1S/C21H24N2/c1-2-4-19-16(3-1)13-18-14-17(7-8-20(18)19)21(15-5-6-15)23-11-9-22-10-12-23/h1-4,7-8,14-15,21-22H,5-6,9-13H2/t21-/m0/s1. The summed E-state index contributed by atoms with van der Waals surface area (Å²) in [5.41, 5.74) is 7.48. The van der Waals surface area contributed by atoms with Crippen LogP contribution in [0.4, 0.5) is 0 Å². The minimum absolute atomic E-state index is 0.645. The predicted octanol–water partition coefficient (Wildman–Crippen LogP) is 3.61. The van der Waals surface area contributed by atoms with Gasteiger partial charge in [-0.05, 0) is 53.0 Å². The number of nitrogens with one attached hydrogen (secondary N) is 1. The third kappa shape index (κ3) is 2.41. The second-order valence-corrected chi connectivity index (χ2v) is 7.32. The zero-order valence-corrected chi connectivity index (χ0v) is 13.6. The molecular weight excluding hydrogens is 280 g/mol. The van der Waals surface area contributed by atoms with Gasteiger partial charge in [-0.3, -0.25) is 4.90 Å². The van der Waals surface area contributed by atoms with Gasteiger partial charge >= 0.3 is 0 Å². The first-order valence-corrected chi connectivity index (χ1v) is 9.06. The number of fused-ring (bicyclic) bond motifs is 3. The molecule has 1 saturated carbocycles. The molecule has 1 saturated heterocycles. The summed E-state index contributed by atoms with van der Waals surface area (Å²) < 4.78 is 0. The average molecular weight is 304 g/mol. The summed E-state index contributed by atoms with van der Waals surface area (Å²) in [7, 11) is 0.